The Morgan fingerprint density at radius 2 is 1.54 bits per heavy atom. The van der Waals surface area contributed by atoms with Crippen LogP contribution in [0.5, 0.6) is 5.75 Å². The smallest absolute Gasteiger partial charge is 0.264 e. The summed E-state index contributed by atoms with van der Waals surface area (Å²) < 4.78 is 48.3. The first-order valence-corrected chi connectivity index (χ1v) is 16.6. The molecular formula is C36H40FN3O5S. The fourth-order valence-electron chi connectivity index (χ4n) is 5.01. The van der Waals surface area contributed by atoms with Crippen molar-refractivity contribution >= 4 is 27.5 Å². The van der Waals surface area contributed by atoms with Gasteiger partial charge in [-0.05, 0) is 79.9 Å². The van der Waals surface area contributed by atoms with Crippen molar-refractivity contribution < 1.29 is 27.1 Å². The molecule has 0 unspecified atom stereocenters. The SMILES string of the molecule is CC[C@@H](C)NC(=O)[C@@H](Cc1ccccc1)N(Cc1cccc(C)c1)C(=O)CN(c1ccc(F)cc1)S(=O)(=O)c1ccc(OC)cc1. The van der Waals surface area contributed by atoms with Gasteiger partial charge in [0.05, 0.1) is 17.7 Å². The van der Waals surface area contributed by atoms with Crippen molar-refractivity contribution in [3.8, 4) is 5.75 Å². The van der Waals surface area contributed by atoms with Gasteiger partial charge in [-0.2, -0.15) is 0 Å². The van der Waals surface area contributed by atoms with Crippen LogP contribution in [0.4, 0.5) is 10.1 Å². The van der Waals surface area contributed by atoms with Crippen molar-refractivity contribution in [1.29, 1.82) is 0 Å². The number of ether oxygens (including phenoxy) is 1. The monoisotopic (exact) mass is 645 g/mol. The summed E-state index contributed by atoms with van der Waals surface area (Å²) in [6.45, 7) is 5.21. The number of hydrogen-bond donors (Lipinski definition) is 1. The molecule has 0 aromatic heterocycles. The third-order valence-corrected chi connectivity index (χ3v) is 9.54. The summed E-state index contributed by atoms with van der Waals surface area (Å²) in [7, 11) is -2.85. The van der Waals surface area contributed by atoms with Crippen molar-refractivity contribution in [3.63, 3.8) is 0 Å². The number of halogens is 1. The molecule has 0 spiro atoms. The predicted octanol–water partition coefficient (Wildman–Crippen LogP) is 5.89. The van der Waals surface area contributed by atoms with Gasteiger partial charge in [0.2, 0.25) is 11.8 Å². The van der Waals surface area contributed by atoms with E-state index in [1.54, 1.807) is 0 Å². The van der Waals surface area contributed by atoms with Crippen LogP contribution in [0.25, 0.3) is 0 Å². The highest BCUT2D eigenvalue weighted by molar-refractivity contribution is 7.92. The Morgan fingerprint density at radius 3 is 2.15 bits per heavy atom. The summed E-state index contributed by atoms with van der Waals surface area (Å²) in [5, 5.41) is 3.02. The zero-order valence-electron chi connectivity index (χ0n) is 26.5. The Balaban J connectivity index is 1.80. The molecule has 0 radical (unpaired) electrons. The van der Waals surface area contributed by atoms with E-state index in [4.69, 9.17) is 4.74 Å². The van der Waals surface area contributed by atoms with Crippen LogP contribution in [0.3, 0.4) is 0 Å². The average Bonchev–Trinajstić information content (AvgIpc) is 3.06. The van der Waals surface area contributed by atoms with Crippen molar-refractivity contribution in [2.24, 2.45) is 0 Å². The molecule has 242 valence electrons. The highest BCUT2D eigenvalue weighted by Crippen LogP contribution is 2.27. The number of nitrogens with zero attached hydrogens (tertiary/aromatic N) is 2. The third kappa shape index (κ3) is 8.72. The number of nitrogens with one attached hydrogen (secondary N) is 1. The molecule has 10 heteroatoms. The second-order valence-electron chi connectivity index (χ2n) is 11.2. The van der Waals surface area contributed by atoms with Gasteiger partial charge in [-0.25, -0.2) is 12.8 Å². The third-order valence-electron chi connectivity index (χ3n) is 7.75. The molecule has 0 heterocycles. The van der Waals surface area contributed by atoms with Crippen molar-refractivity contribution in [1.82, 2.24) is 10.2 Å². The quantitative estimate of drug-likeness (QED) is 0.185. The molecule has 2 amide bonds. The number of aryl methyl sites for hydroxylation is 1. The highest BCUT2D eigenvalue weighted by atomic mass is 32.2. The van der Waals surface area contributed by atoms with Crippen LogP contribution in [0, 0.1) is 12.7 Å². The molecule has 0 bridgehead atoms. The fraction of sp³-hybridized carbons (Fsp3) is 0.278. The number of methoxy groups -OCH3 is 1. The molecule has 8 nitrogen and oxygen atoms in total. The highest BCUT2D eigenvalue weighted by Gasteiger charge is 2.35. The van der Waals surface area contributed by atoms with E-state index >= 15 is 0 Å². The van der Waals surface area contributed by atoms with Gasteiger partial charge in [0, 0.05) is 19.0 Å². The van der Waals surface area contributed by atoms with Crippen molar-refractivity contribution in [3.05, 3.63) is 126 Å². The average molecular weight is 646 g/mol. The van der Waals surface area contributed by atoms with Crippen LogP contribution >= 0.6 is 0 Å². The van der Waals surface area contributed by atoms with Gasteiger partial charge in [-0.15, -0.1) is 0 Å². The number of hydrogen-bond acceptors (Lipinski definition) is 5. The Kier molecular flexibility index (Phi) is 11.5. The van der Waals surface area contributed by atoms with E-state index in [1.807, 2.05) is 75.4 Å². The van der Waals surface area contributed by atoms with Gasteiger partial charge in [0.15, 0.2) is 0 Å². The van der Waals surface area contributed by atoms with E-state index in [-0.39, 0.29) is 35.5 Å². The first-order chi connectivity index (χ1) is 22.0. The lowest BCUT2D eigenvalue weighted by Gasteiger charge is -2.34. The van der Waals surface area contributed by atoms with Gasteiger partial charge in [-0.1, -0.05) is 67.1 Å². The van der Waals surface area contributed by atoms with E-state index in [1.165, 1.54) is 48.4 Å². The number of anilines is 1. The fourth-order valence-corrected chi connectivity index (χ4v) is 6.43. The standard InChI is InChI=1S/C36H40FN3O5S/c1-5-27(3)38-36(42)34(23-28-11-7-6-8-12-28)39(24-29-13-9-10-26(2)22-29)35(41)25-40(31-16-14-30(37)15-17-31)46(43,44)33-20-18-32(45-4)19-21-33/h6-22,27,34H,5,23-25H2,1-4H3,(H,38,42)/t27-,34-/m1/s1. The van der Waals surface area contributed by atoms with Crippen molar-refractivity contribution in [2.45, 2.75) is 57.1 Å². The molecule has 46 heavy (non-hydrogen) atoms. The first-order valence-electron chi connectivity index (χ1n) is 15.1. The summed E-state index contributed by atoms with van der Waals surface area (Å²) in [4.78, 5) is 29.8. The molecule has 0 fully saturated rings. The molecule has 0 saturated carbocycles. The first kappa shape index (κ1) is 34.2. The molecule has 0 saturated heterocycles. The normalized spacial score (nSPS) is 12.5. The summed E-state index contributed by atoms with van der Waals surface area (Å²) in [6.07, 6.45) is 0.899. The molecule has 0 aliphatic carbocycles. The van der Waals surface area contributed by atoms with Gasteiger partial charge >= 0.3 is 0 Å². The summed E-state index contributed by atoms with van der Waals surface area (Å²) in [5.74, 6) is -1.03. The van der Waals surface area contributed by atoms with Crippen LogP contribution in [-0.4, -0.2) is 50.9 Å². The van der Waals surface area contributed by atoms with E-state index in [2.05, 4.69) is 5.32 Å². The maximum Gasteiger partial charge on any atom is 0.264 e. The summed E-state index contributed by atoms with van der Waals surface area (Å²) in [5.41, 5.74) is 2.71. The van der Waals surface area contributed by atoms with Crippen LogP contribution in [0.1, 0.15) is 37.0 Å². The summed E-state index contributed by atoms with van der Waals surface area (Å²) in [6, 6.07) is 26.6. The largest absolute Gasteiger partial charge is 0.497 e. The van der Waals surface area contributed by atoms with E-state index in [9.17, 15) is 22.4 Å². The molecule has 4 aromatic carbocycles. The lowest BCUT2D eigenvalue weighted by atomic mass is 10.0. The second-order valence-corrected chi connectivity index (χ2v) is 13.1. The minimum atomic E-state index is -4.32. The topological polar surface area (TPSA) is 96.0 Å². The molecule has 0 aliphatic heterocycles. The second kappa shape index (κ2) is 15.5. The zero-order chi connectivity index (χ0) is 33.3. The van der Waals surface area contributed by atoms with E-state index < -0.39 is 34.3 Å². The number of carbonyl (C=O) groups is 2. The minimum absolute atomic E-state index is 0.0613. The maximum atomic E-state index is 14.5. The Labute approximate surface area is 270 Å². The Hall–Kier alpha value is -4.70. The predicted molar refractivity (Wildman–Crippen MR) is 177 cm³/mol. The molecule has 4 rings (SSSR count). The number of carbonyl (C=O) groups excluding carboxylic acids is 2. The van der Waals surface area contributed by atoms with Gasteiger partial charge < -0.3 is 15.0 Å². The van der Waals surface area contributed by atoms with Crippen molar-refractivity contribution in [2.75, 3.05) is 18.0 Å². The minimum Gasteiger partial charge on any atom is -0.497 e. The number of benzene rings is 4. The molecule has 0 aliphatic rings. The van der Waals surface area contributed by atoms with E-state index in [0.29, 0.717) is 12.2 Å². The molecular weight excluding hydrogens is 605 g/mol. The zero-order valence-corrected chi connectivity index (χ0v) is 27.3. The molecule has 4 aromatic rings. The maximum absolute atomic E-state index is 14.5. The Bertz CT molecular complexity index is 1720. The van der Waals surface area contributed by atoms with Crippen LogP contribution < -0.4 is 14.4 Å². The number of rotatable bonds is 14. The lowest BCUT2D eigenvalue weighted by Crippen LogP contribution is -2.54. The molecule has 2 atom stereocenters. The summed E-state index contributed by atoms with van der Waals surface area (Å²) >= 11 is 0. The number of amides is 2. The van der Waals surface area contributed by atoms with Gasteiger partial charge in [-0.3, -0.25) is 13.9 Å². The van der Waals surface area contributed by atoms with Crippen LogP contribution in [-0.2, 0) is 32.6 Å². The van der Waals surface area contributed by atoms with E-state index in [0.717, 1.165) is 33.1 Å². The van der Waals surface area contributed by atoms with Gasteiger partial charge in [0.1, 0.15) is 24.2 Å². The Morgan fingerprint density at radius 1 is 0.891 bits per heavy atom. The van der Waals surface area contributed by atoms with Crippen LogP contribution in [0.2, 0.25) is 0 Å². The lowest BCUT2D eigenvalue weighted by molar-refractivity contribution is -0.140. The van der Waals surface area contributed by atoms with Gasteiger partial charge in [0.25, 0.3) is 10.0 Å². The number of sulfonamides is 1. The molecule has 1 N–H and O–H groups in total. The van der Waals surface area contributed by atoms with Crippen LogP contribution in [0.15, 0.2) is 108 Å².